The lowest BCUT2D eigenvalue weighted by atomic mass is 10.1. The summed E-state index contributed by atoms with van der Waals surface area (Å²) in [6.45, 7) is 0.877. The van der Waals surface area contributed by atoms with E-state index in [9.17, 15) is 13.2 Å². The summed E-state index contributed by atoms with van der Waals surface area (Å²) in [5, 5.41) is 7.07. The zero-order valence-electron chi connectivity index (χ0n) is 10.7. The zero-order chi connectivity index (χ0) is 15.0. The molecule has 1 N–H and O–H groups in total. The summed E-state index contributed by atoms with van der Waals surface area (Å²) in [5.41, 5.74) is -0.513. The van der Waals surface area contributed by atoms with Crippen LogP contribution in [0.1, 0.15) is 30.3 Å². The lowest BCUT2D eigenvalue weighted by Gasteiger charge is -2.08. The van der Waals surface area contributed by atoms with Crippen LogP contribution in [0.5, 0.6) is 0 Å². The molecule has 1 unspecified atom stereocenters. The van der Waals surface area contributed by atoms with Gasteiger partial charge < -0.3 is 9.84 Å². The molecule has 21 heavy (non-hydrogen) atoms. The van der Waals surface area contributed by atoms with E-state index in [1.54, 1.807) is 0 Å². The molecule has 0 saturated carbocycles. The summed E-state index contributed by atoms with van der Waals surface area (Å²) in [6, 6.07) is 3.34. The van der Waals surface area contributed by atoms with Gasteiger partial charge >= 0.3 is 6.18 Å². The highest BCUT2D eigenvalue weighted by molar-refractivity contribution is 9.10. The van der Waals surface area contributed by atoms with Gasteiger partial charge in [0, 0.05) is 4.47 Å². The van der Waals surface area contributed by atoms with Crippen molar-refractivity contribution in [1.29, 1.82) is 0 Å². The van der Waals surface area contributed by atoms with E-state index < -0.39 is 11.7 Å². The molecule has 2 aromatic rings. The highest BCUT2D eigenvalue weighted by atomic mass is 79.9. The van der Waals surface area contributed by atoms with Gasteiger partial charge in [-0.3, -0.25) is 0 Å². The lowest BCUT2D eigenvalue weighted by molar-refractivity contribution is -0.137. The molecular formula is C13H11BrF3N3O. The Bertz CT molecular complexity index is 650. The van der Waals surface area contributed by atoms with Crippen molar-refractivity contribution in [3.8, 4) is 11.5 Å². The third-order valence-corrected chi connectivity index (χ3v) is 4.03. The van der Waals surface area contributed by atoms with Crippen LogP contribution in [0.25, 0.3) is 11.5 Å². The van der Waals surface area contributed by atoms with E-state index in [1.807, 2.05) is 0 Å². The van der Waals surface area contributed by atoms with Crippen molar-refractivity contribution < 1.29 is 17.7 Å². The molecule has 112 valence electrons. The summed E-state index contributed by atoms with van der Waals surface area (Å²) in [4.78, 5) is 4.21. The molecule has 1 aliphatic rings. The van der Waals surface area contributed by atoms with Crippen molar-refractivity contribution >= 4 is 15.9 Å². The average Bonchev–Trinajstić information content (AvgIpc) is 3.09. The van der Waals surface area contributed by atoms with E-state index in [4.69, 9.17) is 4.52 Å². The van der Waals surface area contributed by atoms with Gasteiger partial charge in [-0.25, -0.2) is 0 Å². The van der Waals surface area contributed by atoms with Gasteiger partial charge in [0.25, 0.3) is 5.89 Å². The summed E-state index contributed by atoms with van der Waals surface area (Å²) >= 11 is 3.22. The van der Waals surface area contributed by atoms with E-state index in [2.05, 4.69) is 31.4 Å². The first-order chi connectivity index (χ1) is 9.95. The van der Waals surface area contributed by atoms with Crippen LogP contribution in [-0.2, 0) is 6.18 Å². The molecule has 3 rings (SSSR count). The molecule has 4 nitrogen and oxygen atoms in total. The Labute approximate surface area is 126 Å². The largest absolute Gasteiger partial charge is 0.416 e. The van der Waals surface area contributed by atoms with E-state index in [-0.39, 0.29) is 17.5 Å². The third-order valence-electron chi connectivity index (χ3n) is 3.34. The van der Waals surface area contributed by atoms with E-state index in [1.165, 1.54) is 6.07 Å². The number of aromatic nitrogens is 2. The van der Waals surface area contributed by atoms with Crippen molar-refractivity contribution in [1.82, 2.24) is 15.5 Å². The second kappa shape index (κ2) is 5.42. The Morgan fingerprint density at radius 1 is 1.33 bits per heavy atom. The lowest BCUT2D eigenvalue weighted by Crippen LogP contribution is -2.14. The van der Waals surface area contributed by atoms with Crippen molar-refractivity contribution in [2.45, 2.75) is 25.1 Å². The number of rotatable bonds is 2. The highest BCUT2D eigenvalue weighted by Crippen LogP contribution is 2.36. The monoisotopic (exact) mass is 361 g/mol. The maximum atomic E-state index is 12.8. The van der Waals surface area contributed by atoms with E-state index in [0.29, 0.717) is 10.3 Å². The molecule has 0 bridgehead atoms. The van der Waals surface area contributed by atoms with Crippen LogP contribution in [0.4, 0.5) is 13.2 Å². The third kappa shape index (κ3) is 2.96. The van der Waals surface area contributed by atoms with Gasteiger partial charge in [-0.1, -0.05) is 5.16 Å². The summed E-state index contributed by atoms with van der Waals surface area (Å²) in [7, 11) is 0. The second-order valence-corrected chi connectivity index (χ2v) is 5.65. The summed E-state index contributed by atoms with van der Waals surface area (Å²) in [6.07, 6.45) is -2.50. The first-order valence-electron chi connectivity index (χ1n) is 6.39. The Balaban J connectivity index is 1.96. The quantitative estimate of drug-likeness (QED) is 0.879. The zero-order valence-corrected chi connectivity index (χ0v) is 12.3. The first kappa shape index (κ1) is 14.5. The Morgan fingerprint density at radius 3 is 2.81 bits per heavy atom. The molecule has 1 aliphatic heterocycles. The summed E-state index contributed by atoms with van der Waals surface area (Å²) < 4.78 is 43.9. The molecule has 0 amide bonds. The molecule has 1 aromatic heterocycles. The number of nitrogens with zero attached hydrogens (tertiary/aromatic N) is 2. The smallest absolute Gasteiger partial charge is 0.334 e. The van der Waals surface area contributed by atoms with Gasteiger partial charge in [0.1, 0.15) is 0 Å². The number of benzene rings is 1. The van der Waals surface area contributed by atoms with Crippen LogP contribution in [0, 0.1) is 0 Å². The van der Waals surface area contributed by atoms with Crippen molar-refractivity contribution in [3.63, 3.8) is 0 Å². The topological polar surface area (TPSA) is 51.0 Å². The fourth-order valence-electron chi connectivity index (χ4n) is 2.26. The Morgan fingerprint density at radius 2 is 2.14 bits per heavy atom. The Kier molecular flexibility index (Phi) is 3.75. The molecule has 1 saturated heterocycles. The van der Waals surface area contributed by atoms with Crippen molar-refractivity contribution in [2.75, 3.05) is 6.54 Å². The predicted molar refractivity (Wildman–Crippen MR) is 72.4 cm³/mol. The number of nitrogens with one attached hydrogen (secondary N) is 1. The van der Waals surface area contributed by atoms with Crippen LogP contribution in [0.2, 0.25) is 0 Å². The molecule has 0 spiro atoms. The van der Waals surface area contributed by atoms with Crippen LogP contribution >= 0.6 is 15.9 Å². The van der Waals surface area contributed by atoms with E-state index >= 15 is 0 Å². The van der Waals surface area contributed by atoms with Crippen molar-refractivity contribution in [2.24, 2.45) is 0 Å². The van der Waals surface area contributed by atoms with Crippen LogP contribution in [-0.4, -0.2) is 16.7 Å². The van der Waals surface area contributed by atoms with Crippen LogP contribution in [0.3, 0.4) is 0 Å². The SMILES string of the molecule is FC(F)(F)c1ccc(Br)c(-c2nc(C3CCCN3)no2)c1. The van der Waals surface area contributed by atoms with Crippen LogP contribution in [0.15, 0.2) is 27.2 Å². The fourth-order valence-corrected chi connectivity index (χ4v) is 2.67. The average molecular weight is 362 g/mol. The molecule has 2 heterocycles. The minimum Gasteiger partial charge on any atom is -0.334 e. The second-order valence-electron chi connectivity index (χ2n) is 4.80. The van der Waals surface area contributed by atoms with Gasteiger partial charge in [0.2, 0.25) is 0 Å². The molecule has 0 aliphatic carbocycles. The number of hydrogen-bond acceptors (Lipinski definition) is 4. The molecule has 1 fully saturated rings. The maximum Gasteiger partial charge on any atom is 0.416 e. The predicted octanol–water partition coefficient (Wildman–Crippen LogP) is 3.94. The van der Waals surface area contributed by atoms with E-state index in [0.717, 1.165) is 31.5 Å². The maximum absolute atomic E-state index is 12.8. The number of hydrogen-bond donors (Lipinski definition) is 1. The minimum atomic E-state index is -4.41. The fraction of sp³-hybridized carbons (Fsp3) is 0.385. The molecule has 0 radical (unpaired) electrons. The van der Waals surface area contributed by atoms with Crippen LogP contribution < -0.4 is 5.32 Å². The Hall–Kier alpha value is -1.41. The molecule has 1 atom stereocenters. The van der Waals surface area contributed by atoms with Gasteiger partial charge in [-0.15, -0.1) is 0 Å². The number of alkyl halides is 3. The standard InChI is InChI=1S/C13H11BrF3N3O/c14-9-4-3-7(13(15,16)17)6-8(9)12-19-11(20-21-12)10-2-1-5-18-10/h3-4,6,10,18H,1-2,5H2. The normalized spacial score (nSPS) is 19.1. The summed E-state index contributed by atoms with van der Waals surface area (Å²) in [5.74, 6) is 0.559. The van der Waals surface area contributed by atoms with Gasteiger partial charge in [0.05, 0.1) is 17.2 Å². The van der Waals surface area contributed by atoms with Gasteiger partial charge in [0.15, 0.2) is 5.82 Å². The number of halogens is 4. The highest BCUT2D eigenvalue weighted by Gasteiger charge is 2.32. The van der Waals surface area contributed by atoms with Crippen molar-refractivity contribution in [3.05, 3.63) is 34.1 Å². The van der Waals surface area contributed by atoms with Gasteiger partial charge in [-0.05, 0) is 53.5 Å². The molecule has 1 aromatic carbocycles. The minimum absolute atomic E-state index is 0.00655. The first-order valence-corrected chi connectivity index (χ1v) is 7.18. The molecule has 8 heteroatoms. The van der Waals surface area contributed by atoms with Gasteiger partial charge in [-0.2, -0.15) is 18.2 Å². The molecular weight excluding hydrogens is 351 g/mol.